The molecule has 0 spiro atoms. The molecule has 3 heterocycles. The number of fused-ring (bicyclic) bond motifs is 2. The lowest BCUT2D eigenvalue weighted by Crippen LogP contribution is -2.26. The van der Waals surface area contributed by atoms with Crippen LogP contribution in [0.5, 0.6) is 0 Å². The molecular weight excluding hydrogens is 268 g/mol. The van der Waals surface area contributed by atoms with Gasteiger partial charge in [-0.1, -0.05) is 26.7 Å². The molecule has 1 N–H and O–H groups in total. The zero-order chi connectivity index (χ0) is 14.8. The molecule has 5 nitrogen and oxygen atoms in total. The van der Waals surface area contributed by atoms with Crippen LogP contribution in [-0.4, -0.2) is 29.6 Å². The highest BCUT2D eigenvalue weighted by Gasteiger charge is 2.49. The van der Waals surface area contributed by atoms with E-state index in [1.807, 2.05) is 0 Å². The Kier molecular flexibility index (Phi) is 4.29. The number of nitrogens with zero attached hydrogens (tertiary/aromatic N) is 1. The van der Waals surface area contributed by atoms with Crippen molar-refractivity contribution in [2.24, 2.45) is 5.92 Å². The number of nitrogens with one attached hydrogen (secondary N) is 1. The molecule has 1 aromatic heterocycles. The molecule has 1 aromatic rings. The van der Waals surface area contributed by atoms with Crippen molar-refractivity contribution in [2.45, 2.75) is 64.1 Å². The van der Waals surface area contributed by atoms with Crippen LogP contribution in [0.3, 0.4) is 0 Å². The van der Waals surface area contributed by atoms with Crippen molar-refractivity contribution in [3.63, 3.8) is 0 Å². The summed E-state index contributed by atoms with van der Waals surface area (Å²) in [4.78, 5) is 16.4. The molecule has 116 valence electrons. The molecule has 1 amide bonds. The number of unbranched alkanes of at least 4 members (excludes halogenated alkanes) is 2. The van der Waals surface area contributed by atoms with E-state index in [0.717, 1.165) is 32.1 Å². The summed E-state index contributed by atoms with van der Waals surface area (Å²) in [6, 6.07) is 0. The Bertz CT molecular complexity index is 497. The standard InChI is InChI=1S/C16H24N2O3/c1-3-4-5-8-17-15(19)11-9-20-16(18-11)14-10(2)12-6-7-13(14)21-12/h9-10,12-14H,3-8H2,1-2H3,(H,17,19). The Morgan fingerprint density at radius 3 is 2.90 bits per heavy atom. The summed E-state index contributed by atoms with van der Waals surface area (Å²) in [5.41, 5.74) is 0.386. The molecular formula is C16H24N2O3. The maximum absolute atomic E-state index is 12.0. The van der Waals surface area contributed by atoms with Gasteiger partial charge in [-0.05, 0) is 25.2 Å². The molecule has 0 aromatic carbocycles. The molecule has 0 radical (unpaired) electrons. The second-order valence-electron chi connectivity index (χ2n) is 6.21. The summed E-state index contributed by atoms with van der Waals surface area (Å²) in [5.74, 6) is 1.14. The fourth-order valence-corrected chi connectivity index (χ4v) is 3.51. The van der Waals surface area contributed by atoms with Gasteiger partial charge in [-0.3, -0.25) is 4.79 Å². The minimum Gasteiger partial charge on any atom is -0.448 e. The van der Waals surface area contributed by atoms with E-state index < -0.39 is 0 Å². The van der Waals surface area contributed by atoms with Crippen LogP contribution in [-0.2, 0) is 4.74 Å². The number of hydrogen-bond acceptors (Lipinski definition) is 4. The monoisotopic (exact) mass is 292 g/mol. The first-order valence-electron chi connectivity index (χ1n) is 8.09. The van der Waals surface area contributed by atoms with Gasteiger partial charge >= 0.3 is 0 Å². The number of carbonyl (C=O) groups is 1. The number of aromatic nitrogens is 1. The Hall–Kier alpha value is -1.36. The van der Waals surface area contributed by atoms with Gasteiger partial charge in [0.05, 0.1) is 18.1 Å². The van der Waals surface area contributed by atoms with Crippen LogP contribution in [0.25, 0.3) is 0 Å². The van der Waals surface area contributed by atoms with Gasteiger partial charge in [0.15, 0.2) is 5.69 Å². The lowest BCUT2D eigenvalue weighted by molar-refractivity contribution is 0.0914. The Labute approximate surface area is 125 Å². The average molecular weight is 292 g/mol. The Morgan fingerprint density at radius 2 is 2.19 bits per heavy atom. The molecule has 2 saturated heterocycles. The smallest absolute Gasteiger partial charge is 0.273 e. The molecule has 0 saturated carbocycles. The summed E-state index contributed by atoms with van der Waals surface area (Å²) in [6.07, 6.45) is 7.50. The summed E-state index contributed by atoms with van der Waals surface area (Å²) < 4.78 is 11.5. The second-order valence-corrected chi connectivity index (χ2v) is 6.21. The topological polar surface area (TPSA) is 64.4 Å². The first-order valence-corrected chi connectivity index (χ1v) is 8.09. The maximum atomic E-state index is 12.0. The first-order chi connectivity index (χ1) is 10.2. The molecule has 2 aliphatic heterocycles. The highest BCUT2D eigenvalue weighted by Crippen LogP contribution is 2.48. The van der Waals surface area contributed by atoms with Crippen molar-refractivity contribution in [1.82, 2.24) is 10.3 Å². The average Bonchev–Trinajstić information content (AvgIpc) is 3.18. The van der Waals surface area contributed by atoms with E-state index in [9.17, 15) is 4.79 Å². The second kappa shape index (κ2) is 6.18. The number of amides is 1. The summed E-state index contributed by atoms with van der Waals surface area (Å²) in [7, 11) is 0. The van der Waals surface area contributed by atoms with E-state index in [0.29, 0.717) is 30.2 Å². The number of oxazole rings is 1. The van der Waals surface area contributed by atoms with Gasteiger partial charge in [-0.15, -0.1) is 0 Å². The van der Waals surface area contributed by atoms with Gasteiger partial charge in [0.25, 0.3) is 5.91 Å². The largest absolute Gasteiger partial charge is 0.448 e. The van der Waals surface area contributed by atoms with Crippen LogP contribution in [0.4, 0.5) is 0 Å². The van der Waals surface area contributed by atoms with Crippen LogP contribution in [0, 0.1) is 5.92 Å². The quantitative estimate of drug-likeness (QED) is 0.819. The van der Waals surface area contributed by atoms with Crippen molar-refractivity contribution in [1.29, 1.82) is 0 Å². The zero-order valence-corrected chi connectivity index (χ0v) is 12.8. The van der Waals surface area contributed by atoms with Gasteiger partial charge in [-0.25, -0.2) is 4.98 Å². The Morgan fingerprint density at radius 1 is 1.38 bits per heavy atom. The lowest BCUT2D eigenvalue weighted by Gasteiger charge is -2.21. The highest BCUT2D eigenvalue weighted by molar-refractivity contribution is 5.91. The summed E-state index contributed by atoms with van der Waals surface area (Å²) in [5, 5.41) is 2.89. The van der Waals surface area contributed by atoms with Crippen molar-refractivity contribution in [3.8, 4) is 0 Å². The maximum Gasteiger partial charge on any atom is 0.273 e. The molecule has 2 fully saturated rings. The summed E-state index contributed by atoms with van der Waals surface area (Å²) in [6.45, 7) is 5.02. The third-order valence-corrected chi connectivity index (χ3v) is 4.74. The van der Waals surface area contributed by atoms with E-state index in [-0.39, 0.29) is 17.9 Å². The van der Waals surface area contributed by atoms with E-state index in [4.69, 9.17) is 9.15 Å². The lowest BCUT2D eigenvalue weighted by atomic mass is 9.80. The molecule has 3 rings (SSSR count). The normalized spacial score (nSPS) is 30.8. The van der Waals surface area contributed by atoms with Crippen molar-refractivity contribution in [2.75, 3.05) is 6.54 Å². The predicted octanol–water partition coefficient (Wildman–Crippen LogP) is 2.88. The minimum atomic E-state index is -0.141. The molecule has 0 aliphatic carbocycles. The van der Waals surface area contributed by atoms with E-state index in [2.05, 4.69) is 24.1 Å². The van der Waals surface area contributed by atoms with Crippen molar-refractivity contribution < 1.29 is 13.9 Å². The van der Waals surface area contributed by atoms with Crippen molar-refractivity contribution in [3.05, 3.63) is 17.8 Å². The van der Waals surface area contributed by atoms with Crippen LogP contribution >= 0.6 is 0 Å². The molecule has 4 unspecified atom stereocenters. The van der Waals surface area contributed by atoms with Crippen LogP contribution in [0.2, 0.25) is 0 Å². The van der Waals surface area contributed by atoms with Gasteiger partial charge < -0.3 is 14.5 Å². The third kappa shape index (κ3) is 2.84. The number of rotatable bonds is 6. The van der Waals surface area contributed by atoms with Crippen LogP contribution < -0.4 is 5.32 Å². The highest BCUT2D eigenvalue weighted by atomic mass is 16.5. The van der Waals surface area contributed by atoms with E-state index >= 15 is 0 Å². The van der Waals surface area contributed by atoms with E-state index in [1.54, 1.807) is 0 Å². The number of hydrogen-bond donors (Lipinski definition) is 1. The zero-order valence-electron chi connectivity index (χ0n) is 12.8. The first kappa shape index (κ1) is 14.6. The molecule has 2 aliphatic rings. The molecule has 5 heteroatoms. The number of ether oxygens (including phenoxy) is 1. The van der Waals surface area contributed by atoms with E-state index in [1.165, 1.54) is 6.26 Å². The molecule has 4 atom stereocenters. The van der Waals surface area contributed by atoms with Crippen LogP contribution in [0.1, 0.15) is 68.2 Å². The van der Waals surface area contributed by atoms with Crippen LogP contribution in [0.15, 0.2) is 10.7 Å². The van der Waals surface area contributed by atoms with Crippen molar-refractivity contribution >= 4 is 5.91 Å². The van der Waals surface area contributed by atoms with Gasteiger partial charge in [-0.2, -0.15) is 0 Å². The summed E-state index contributed by atoms with van der Waals surface area (Å²) >= 11 is 0. The fraction of sp³-hybridized carbons (Fsp3) is 0.750. The SMILES string of the molecule is CCCCCNC(=O)c1coc(C2C3CCC(O3)C2C)n1. The van der Waals surface area contributed by atoms with Gasteiger partial charge in [0, 0.05) is 6.54 Å². The molecule has 21 heavy (non-hydrogen) atoms. The third-order valence-electron chi connectivity index (χ3n) is 4.74. The Balaban J connectivity index is 1.60. The number of carbonyl (C=O) groups excluding carboxylic acids is 1. The minimum absolute atomic E-state index is 0.141. The predicted molar refractivity (Wildman–Crippen MR) is 78.2 cm³/mol. The van der Waals surface area contributed by atoms with Gasteiger partial charge in [0.2, 0.25) is 5.89 Å². The van der Waals surface area contributed by atoms with Gasteiger partial charge in [0.1, 0.15) is 6.26 Å². The molecule has 2 bridgehead atoms. The fourth-order valence-electron chi connectivity index (χ4n) is 3.51.